The molecule has 3 aromatic rings. The zero-order chi connectivity index (χ0) is 21.7. The topological polar surface area (TPSA) is 83.9 Å². The van der Waals surface area contributed by atoms with Gasteiger partial charge in [-0.15, -0.1) is 0 Å². The Morgan fingerprint density at radius 3 is 2.23 bits per heavy atom. The molecular weight excluding hydrogens is 402 g/mol. The van der Waals surface area contributed by atoms with Crippen LogP contribution < -0.4 is 4.74 Å². The van der Waals surface area contributed by atoms with E-state index in [1.807, 2.05) is 42.5 Å². The summed E-state index contributed by atoms with van der Waals surface area (Å²) in [5.41, 5.74) is 0. The molecule has 0 aliphatic carbocycles. The Morgan fingerprint density at radius 2 is 1.60 bits per heavy atom. The highest BCUT2D eigenvalue weighted by molar-refractivity contribution is 7.89. The lowest BCUT2D eigenvalue weighted by Gasteiger charge is -2.30. The summed E-state index contributed by atoms with van der Waals surface area (Å²) in [6.45, 7) is 3.34. The van der Waals surface area contributed by atoms with Gasteiger partial charge in [-0.1, -0.05) is 62.4 Å². The van der Waals surface area contributed by atoms with Crippen LogP contribution in [0.2, 0.25) is 0 Å². The standard InChI is InChI=1S/C23H25NO5S/c1-17(2)22(23(25)26)24(14-15-29-20-10-4-3-5-11-20)30(27,28)21-13-12-18-8-6-7-9-19(18)16-21/h3-13,16-17,22H,14-15H2,1-2H3,(H,25,26)/t22-/m1/s1. The van der Waals surface area contributed by atoms with Crippen LogP contribution in [0.5, 0.6) is 5.75 Å². The molecule has 1 N–H and O–H groups in total. The fraction of sp³-hybridized carbons (Fsp3) is 0.261. The fourth-order valence-electron chi connectivity index (χ4n) is 3.38. The molecule has 3 rings (SSSR count). The Balaban J connectivity index is 1.94. The number of para-hydroxylation sites is 1. The molecule has 0 aromatic heterocycles. The number of carboxylic acids is 1. The van der Waals surface area contributed by atoms with Gasteiger partial charge in [0.15, 0.2) is 0 Å². The van der Waals surface area contributed by atoms with Crippen molar-refractivity contribution in [2.75, 3.05) is 13.2 Å². The van der Waals surface area contributed by atoms with Gasteiger partial charge in [-0.2, -0.15) is 4.31 Å². The Hall–Kier alpha value is -2.90. The lowest BCUT2D eigenvalue weighted by atomic mass is 10.1. The third-order valence-corrected chi connectivity index (χ3v) is 6.72. The van der Waals surface area contributed by atoms with Crippen molar-refractivity contribution in [3.05, 3.63) is 72.8 Å². The quantitative estimate of drug-likeness (QED) is 0.558. The van der Waals surface area contributed by atoms with Gasteiger partial charge in [-0.05, 0) is 41.0 Å². The number of fused-ring (bicyclic) bond motifs is 1. The molecule has 0 saturated heterocycles. The van der Waals surface area contributed by atoms with E-state index in [1.165, 1.54) is 6.07 Å². The summed E-state index contributed by atoms with van der Waals surface area (Å²) in [6, 6.07) is 20.0. The summed E-state index contributed by atoms with van der Waals surface area (Å²) in [5, 5.41) is 11.5. The largest absolute Gasteiger partial charge is 0.492 e. The number of ether oxygens (including phenoxy) is 1. The number of rotatable bonds is 9. The lowest BCUT2D eigenvalue weighted by Crippen LogP contribution is -2.49. The fourth-order valence-corrected chi connectivity index (χ4v) is 5.12. The van der Waals surface area contributed by atoms with Gasteiger partial charge < -0.3 is 9.84 Å². The summed E-state index contributed by atoms with van der Waals surface area (Å²) in [7, 11) is -4.06. The maximum Gasteiger partial charge on any atom is 0.322 e. The zero-order valence-electron chi connectivity index (χ0n) is 16.9. The van der Waals surface area contributed by atoms with E-state index in [2.05, 4.69) is 0 Å². The van der Waals surface area contributed by atoms with E-state index in [9.17, 15) is 18.3 Å². The monoisotopic (exact) mass is 427 g/mol. The van der Waals surface area contributed by atoms with Crippen LogP contribution in [0.1, 0.15) is 13.8 Å². The molecule has 6 nitrogen and oxygen atoms in total. The van der Waals surface area contributed by atoms with Crippen LogP contribution in [0.4, 0.5) is 0 Å². The highest BCUT2D eigenvalue weighted by Gasteiger charge is 2.37. The molecule has 30 heavy (non-hydrogen) atoms. The minimum absolute atomic E-state index is 0.0350. The van der Waals surface area contributed by atoms with E-state index in [-0.39, 0.29) is 18.0 Å². The molecule has 0 radical (unpaired) electrons. The number of hydrogen-bond acceptors (Lipinski definition) is 4. The molecule has 0 bridgehead atoms. The van der Waals surface area contributed by atoms with Crippen molar-refractivity contribution >= 4 is 26.8 Å². The van der Waals surface area contributed by atoms with Gasteiger partial charge in [0.25, 0.3) is 0 Å². The van der Waals surface area contributed by atoms with Crippen molar-refractivity contribution in [1.29, 1.82) is 0 Å². The molecule has 3 aromatic carbocycles. The number of carboxylic acid groups (broad SMARTS) is 1. The number of carbonyl (C=O) groups is 1. The highest BCUT2D eigenvalue weighted by atomic mass is 32.2. The number of aliphatic carboxylic acids is 1. The van der Waals surface area contributed by atoms with E-state index >= 15 is 0 Å². The summed E-state index contributed by atoms with van der Waals surface area (Å²) in [4.78, 5) is 12.0. The average molecular weight is 428 g/mol. The number of hydrogen-bond donors (Lipinski definition) is 1. The van der Waals surface area contributed by atoms with Crippen molar-refractivity contribution in [2.24, 2.45) is 5.92 Å². The summed E-state index contributed by atoms with van der Waals surface area (Å²) in [5.74, 6) is -1.01. The predicted octanol–water partition coefficient (Wildman–Crippen LogP) is 4.02. The number of nitrogens with zero attached hydrogens (tertiary/aromatic N) is 1. The number of benzene rings is 3. The molecule has 7 heteroatoms. The summed E-state index contributed by atoms with van der Waals surface area (Å²) < 4.78 is 33.6. The van der Waals surface area contributed by atoms with E-state index in [1.54, 1.807) is 38.1 Å². The smallest absolute Gasteiger partial charge is 0.322 e. The Morgan fingerprint density at radius 1 is 0.967 bits per heavy atom. The molecule has 0 saturated carbocycles. The highest BCUT2D eigenvalue weighted by Crippen LogP contribution is 2.25. The molecule has 0 aliphatic heterocycles. The normalized spacial score (nSPS) is 12.9. The van der Waals surface area contributed by atoms with Crippen LogP contribution in [-0.4, -0.2) is 43.0 Å². The van der Waals surface area contributed by atoms with Crippen molar-refractivity contribution < 1.29 is 23.1 Å². The third kappa shape index (κ3) is 4.80. The van der Waals surface area contributed by atoms with Crippen molar-refractivity contribution in [3.63, 3.8) is 0 Å². The van der Waals surface area contributed by atoms with Gasteiger partial charge in [0.2, 0.25) is 10.0 Å². The Kier molecular flexibility index (Phi) is 6.74. The van der Waals surface area contributed by atoms with Gasteiger partial charge in [0.1, 0.15) is 18.4 Å². The molecule has 0 heterocycles. The minimum atomic E-state index is -4.06. The van der Waals surface area contributed by atoms with E-state index in [4.69, 9.17) is 4.74 Å². The zero-order valence-corrected chi connectivity index (χ0v) is 17.7. The lowest BCUT2D eigenvalue weighted by molar-refractivity contribution is -0.143. The Bertz CT molecular complexity index is 1110. The molecule has 0 unspecified atom stereocenters. The van der Waals surface area contributed by atoms with Crippen LogP contribution in [0.3, 0.4) is 0 Å². The molecule has 0 amide bonds. The van der Waals surface area contributed by atoms with E-state index in [0.29, 0.717) is 5.75 Å². The minimum Gasteiger partial charge on any atom is -0.492 e. The van der Waals surface area contributed by atoms with Gasteiger partial charge in [-0.25, -0.2) is 8.42 Å². The maximum atomic E-state index is 13.5. The molecule has 158 valence electrons. The molecule has 0 aliphatic rings. The second kappa shape index (κ2) is 9.28. The number of sulfonamides is 1. The van der Waals surface area contributed by atoms with Crippen LogP contribution >= 0.6 is 0 Å². The maximum absolute atomic E-state index is 13.5. The van der Waals surface area contributed by atoms with Crippen molar-refractivity contribution in [2.45, 2.75) is 24.8 Å². The molecular formula is C23H25NO5S. The van der Waals surface area contributed by atoms with E-state index in [0.717, 1.165) is 15.1 Å². The third-order valence-electron chi connectivity index (χ3n) is 4.85. The van der Waals surface area contributed by atoms with Gasteiger partial charge in [-0.3, -0.25) is 4.79 Å². The Labute approximate surface area is 176 Å². The van der Waals surface area contributed by atoms with Crippen molar-refractivity contribution in [1.82, 2.24) is 4.31 Å². The van der Waals surface area contributed by atoms with Crippen LogP contribution in [0.15, 0.2) is 77.7 Å². The summed E-state index contributed by atoms with van der Waals surface area (Å²) >= 11 is 0. The predicted molar refractivity (Wildman–Crippen MR) is 116 cm³/mol. The molecule has 0 spiro atoms. The van der Waals surface area contributed by atoms with E-state index < -0.39 is 28.0 Å². The van der Waals surface area contributed by atoms with Gasteiger partial charge in [0, 0.05) is 6.54 Å². The average Bonchev–Trinajstić information content (AvgIpc) is 2.72. The summed E-state index contributed by atoms with van der Waals surface area (Å²) in [6.07, 6.45) is 0. The first-order valence-electron chi connectivity index (χ1n) is 9.72. The molecule has 0 fully saturated rings. The first kappa shape index (κ1) is 21.8. The van der Waals surface area contributed by atoms with Gasteiger partial charge in [0.05, 0.1) is 4.90 Å². The van der Waals surface area contributed by atoms with Gasteiger partial charge >= 0.3 is 5.97 Å². The first-order chi connectivity index (χ1) is 14.3. The second-order valence-corrected chi connectivity index (χ2v) is 9.20. The van der Waals surface area contributed by atoms with Crippen LogP contribution in [0, 0.1) is 5.92 Å². The van der Waals surface area contributed by atoms with Crippen molar-refractivity contribution in [3.8, 4) is 5.75 Å². The second-order valence-electron chi connectivity index (χ2n) is 7.31. The van der Waals surface area contributed by atoms with Crippen LogP contribution in [-0.2, 0) is 14.8 Å². The first-order valence-corrected chi connectivity index (χ1v) is 11.2. The SMILES string of the molecule is CC(C)[C@H](C(=O)O)N(CCOc1ccccc1)S(=O)(=O)c1ccc2ccccc2c1. The molecule has 1 atom stereocenters. The van der Waals surface area contributed by atoms with Crippen LogP contribution in [0.25, 0.3) is 10.8 Å².